The van der Waals surface area contributed by atoms with E-state index < -0.39 is 0 Å². The Bertz CT molecular complexity index is 362. The minimum absolute atomic E-state index is 0.299. The van der Waals surface area contributed by atoms with Crippen LogP contribution >= 0.6 is 0 Å². The predicted octanol–water partition coefficient (Wildman–Crippen LogP) is 2.82. The first kappa shape index (κ1) is 11.4. The second kappa shape index (κ2) is 3.75. The van der Waals surface area contributed by atoms with Gasteiger partial charge in [-0.25, -0.2) is 0 Å². The molecule has 1 aliphatic rings. The van der Waals surface area contributed by atoms with Gasteiger partial charge in [0.2, 0.25) is 5.89 Å². The fourth-order valence-electron chi connectivity index (χ4n) is 2.25. The lowest BCUT2D eigenvalue weighted by atomic mass is 9.68. The van der Waals surface area contributed by atoms with E-state index in [0.29, 0.717) is 23.4 Å². The molecule has 1 heterocycles. The lowest BCUT2D eigenvalue weighted by Crippen LogP contribution is -2.47. The zero-order valence-corrected chi connectivity index (χ0v) is 10.8. The van der Waals surface area contributed by atoms with Crippen molar-refractivity contribution < 1.29 is 4.42 Å². The Hall–Kier alpha value is -1.06. The maximum Gasteiger partial charge on any atom is 0.318 e. The zero-order chi connectivity index (χ0) is 11.9. The first-order valence-corrected chi connectivity index (χ1v) is 5.95. The minimum Gasteiger partial charge on any atom is -0.408 e. The number of hydrogen-bond donors (Lipinski definition) is 0. The summed E-state index contributed by atoms with van der Waals surface area (Å²) in [6.45, 7) is 8.71. The molecule has 1 aromatic heterocycles. The maximum atomic E-state index is 5.64. The quantitative estimate of drug-likeness (QED) is 0.790. The first-order chi connectivity index (χ1) is 7.39. The first-order valence-electron chi connectivity index (χ1n) is 5.95. The van der Waals surface area contributed by atoms with E-state index in [1.807, 2.05) is 7.05 Å². The van der Waals surface area contributed by atoms with Gasteiger partial charge < -0.3 is 9.32 Å². The highest BCUT2D eigenvalue weighted by atomic mass is 16.4. The van der Waals surface area contributed by atoms with Crippen LogP contribution in [0.1, 0.15) is 52.3 Å². The molecule has 1 saturated carbocycles. The molecule has 0 aliphatic heterocycles. The molecule has 1 aliphatic carbocycles. The monoisotopic (exact) mass is 223 g/mol. The van der Waals surface area contributed by atoms with Crippen LogP contribution in [0, 0.1) is 5.41 Å². The van der Waals surface area contributed by atoms with Crippen molar-refractivity contribution in [1.29, 1.82) is 0 Å². The smallest absolute Gasteiger partial charge is 0.318 e. The molecule has 0 atom stereocenters. The zero-order valence-electron chi connectivity index (χ0n) is 10.8. The van der Waals surface area contributed by atoms with Gasteiger partial charge in [0.25, 0.3) is 0 Å². The molecule has 90 valence electrons. The summed E-state index contributed by atoms with van der Waals surface area (Å²) in [4.78, 5) is 2.12. The molecular weight excluding hydrogens is 202 g/mol. The average molecular weight is 223 g/mol. The van der Waals surface area contributed by atoms with E-state index in [1.165, 1.54) is 12.8 Å². The Morgan fingerprint density at radius 1 is 1.31 bits per heavy atom. The Balaban J connectivity index is 2.02. The Kier molecular flexibility index (Phi) is 2.68. The highest BCUT2D eigenvalue weighted by molar-refractivity contribution is 5.27. The van der Waals surface area contributed by atoms with Crippen molar-refractivity contribution in [3.05, 3.63) is 5.89 Å². The van der Waals surface area contributed by atoms with Crippen LogP contribution in [0.4, 0.5) is 6.01 Å². The molecule has 0 amide bonds. The van der Waals surface area contributed by atoms with Gasteiger partial charge >= 0.3 is 6.01 Å². The molecule has 16 heavy (non-hydrogen) atoms. The van der Waals surface area contributed by atoms with Crippen molar-refractivity contribution in [2.24, 2.45) is 5.41 Å². The molecule has 1 fully saturated rings. The third-order valence-corrected chi connectivity index (χ3v) is 3.35. The summed E-state index contributed by atoms with van der Waals surface area (Å²) in [5.41, 5.74) is 0.472. The third-order valence-electron chi connectivity index (χ3n) is 3.35. The van der Waals surface area contributed by atoms with Gasteiger partial charge in [0, 0.05) is 19.0 Å². The van der Waals surface area contributed by atoms with Crippen molar-refractivity contribution in [1.82, 2.24) is 10.2 Å². The summed E-state index contributed by atoms with van der Waals surface area (Å²) in [7, 11) is 2.04. The van der Waals surface area contributed by atoms with Gasteiger partial charge in [0.05, 0.1) is 0 Å². The molecule has 0 N–H and O–H groups in total. The number of rotatable bonds is 3. The lowest BCUT2D eigenvalue weighted by Gasteiger charge is -2.46. The largest absolute Gasteiger partial charge is 0.408 e. The summed E-state index contributed by atoms with van der Waals surface area (Å²) in [5, 5.41) is 8.15. The van der Waals surface area contributed by atoms with Gasteiger partial charge in [-0.15, -0.1) is 5.10 Å². The highest BCUT2D eigenvalue weighted by Gasteiger charge is 2.39. The Morgan fingerprint density at radius 2 is 1.94 bits per heavy atom. The second-order valence-corrected chi connectivity index (χ2v) is 5.91. The molecular formula is C12H21N3O. The van der Waals surface area contributed by atoms with E-state index in [2.05, 4.69) is 42.8 Å². The fourth-order valence-corrected chi connectivity index (χ4v) is 2.25. The average Bonchev–Trinajstić information content (AvgIpc) is 2.61. The van der Waals surface area contributed by atoms with Crippen molar-refractivity contribution in [2.45, 2.75) is 52.5 Å². The van der Waals surface area contributed by atoms with Crippen molar-refractivity contribution in [3.63, 3.8) is 0 Å². The summed E-state index contributed by atoms with van der Waals surface area (Å²) in [6.07, 6.45) is 2.39. The van der Waals surface area contributed by atoms with Gasteiger partial charge in [0.15, 0.2) is 0 Å². The normalized spacial score (nSPS) is 19.9. The number of aromatic nitrogens is 2. The lowest BCUT2D eigenvalue weighted by molar-refractivity contribution is 0.146. The van der Waals surface area contributed by atoms with Gasteiger partial charge in [0.1, 0.15) is 0 Å². The topological polar surface area (TPSA) is 42.2 Å². The summed E-state index contributed by atoms with van der Waals surface area (Å²) in [5.74, 6) is 1.02. The van der Waals surface area contributed by atoms with Crippen LogP contribution in [-0.4, -0.2) is 23.3 Å². The van der Waals surface area contributed by atoms with Gasteiger partial charge in [-0.1, -0.05) is 32.8 Å². The maximum absolute atomic E-state index is 5.64. The molecule has 0 unspecified atom stereocenters. The van der Waals surface area contributed by atoms with Crippen molar-refractivity contribution in [3.8, 4) is 0 Å². The van der Waals surface area contributed by atoms with E-state index in [1.54, 1.807) is 0 Å². The van der Waals surface area contributed by atoms with E-state index in [9.17, 15) is 0 Å². The van der Waals surface area contributed by atoms with E-state index in [-0.39, 0.29) is 0 Å². The van der Waals surface area contributed by atoms with E-state index >= 15 is 0 Å². The Morgan fingerprint density at radius 3 is 2.38 bits per heavy atom. The number of hydrogen-bond acceptors (Lipinski definition) is 4. The fraction of sp³-hybridized carbons (Fsp3) is 0.833. The second-order valence-electron chi connectivity index (χ2n) is 5.91. The number of nitrogens with zero attached hydrogens (tertiary/aromatic N) is 3. The molecule has 2 rings (SSSR count). The number of anilines is 1. The van der Waals surface area contributed by atoms with Crippen LogP contribution in [0.3, 0.4) is 0 Å². The van der Waals surface area contributed by atoms with Crippen LogP contribution in [0.15, 0.2) is 4.42 Å². The standard InChI is InChI=1S/C12H21N3O/c1-8(2)10-13-14-11(16-10)15(5)9-6-12(3,4)7-9/h8-9H,6-7H2,1-5H3. The molecule has 0 spiro atoms. The molecule has 0 aromatic carbocycles. The van der Waals surface area contributed by atoms with Crippen molar-refractivity contribution >= 4 is 6.01 Å². The van der Waals surface area contributed by atoms with Crippen LogP contribution in [0.25, 0.3) is 0 Å². The van der Waals surface area contributed by atoms with Gasteiger partial charge in [-0.2, -0.15) is 0 Å². The SMILES string of the molecule is CC(C)c1nnc(N(C)C2CC(C)(C)C2)o1. The molecule has 0 radical (unpaired) electrons. The van der Waals surface area contributed by atoms with Crippen molar-refractivity contribution in [2.75, 3.05) is 11.9 Å². The third kappa shape index (κ3) is 2.06. The van der Waals surface area contributed by atoms with E-state index in [4.69, 9.17) is 4.42 Å². The molecule has 1 aromatic rings. The van der Waals surface area contributed by atoms with Crippen LogP contribution < -0.4 is 4.90 Å². The van der Waals surface area contributed by atoms with Crippen LogP contribution in [0.5, 0.6) is 0 Å². The highest BCUT2D eigenvalue weighted by Crippen LogP contribution is 2.43. The predicted molar refractivity (Wildman–Crippen MR) is 63.6 cm³/mol. The van der Waals surface area contributed by atoms with Gasteiger partial charge in [-0.3, -0.25) is 0 Å². The summed E-state index contributed by atoms with van der Waals surface area (Å²) in [6, 6.07) is 1.21. The molecule has 4 heteroatoms. The Labute approximate surface area is 97.0 Å². The van der Waals surface area contributed by atoms with Gasteiger partial charge in [-0.05, 0) is 18.3 Å². The van der Waals surface area contributed by atoms with Crippen LogP contribution in [-0.2, 0) is 0 Å². The van der Waals surface area contributed by atoms with Crippen LogP contribution in [0.2, 0.25) is 0 Å². The summed E-state index contributed by atoms with van der Waals surface area (Å²) >= 11 is 0. The molecule has 4 nitrogen and oxygen atoms in total. The minimum atomic E-state index is 0.299. The van der Waals surface area contributed by atoms with E-state index in [0.717, 1.165) is 5.89 Å². The summed E-state index contributed by atoms with van der Waals surface area (Å²) < 4.78 is 5.64. The molecule has 0 bridgehead atoms. The molecule has 0 saturated heterocycles.